The number of rotatable bonds is 8. The molecule has 2 N–H and O–H groups in total. The van der Waals surface area contributed by atoms with Gasteiger partial charge in [-0.2, -0.15) is 0 Å². The van der Waals surface area contributed by atoms with E-state index in [0.717, 1.165) is 0 Å². The summed E-state index contributed by atoms with van der Waals surface area (Å²) in [5, 5.41) is 3.05. The van der Waals surface area contributed by atoms with Crippen molar-refractivity contribution in [2.75, 3.05) is 11.9 Å². The Morgan fingerprint density at radius 2 is 1.89 bits per heavy atom. The molecule has 0 bridgehead atoms. The Balaban J connectivity index is 1.99. The molecule has 2 rings (SSSR count). The van der Waals surface area contributed by atoms with Crippen LogP contribution in [0.15, 0.2) is 66.1 Å². The third-order valence-corrected chi connectivity index (χ3v) is 5.24. The van der Waals surface area contributed by atoms with Crippen molar-refractivity contribution in [2.45, 2.75) is 17.9 Å². The van der Waals surface area contributed by atoms with Gasteiger partial charge in [0.2, 0.25) is 10.0 Å². The SMILES string of the molecule is C=CCNS(=O)(=O)c1ccc(C(=O)OC(C)C(=O)Nc2cccc(Cl)c2)cc1. The van der Waals surface area contributed by atoms with Crippen LogP contribution in [0.4, 0.5) is 5.69 Å². The van der Waals surface area contributed by atoms with Crippen LogP contribution in [0.2, 0.25) is 5.02 Å². The third kappa shape index (κ3) is 5.91. The lowest BCUT2D eigenvalue weighted by atomic mass is 10.2. The Morgan fingerprint density at radius 3 is 2.50 bits per heavy atom. The summed E-state index contributed by atoms with van der Waals surface area (Å²) in [4.78, 5) is 24.3. The molecule has 0 saturated carbocycles. The molecule has 0 aromatic heterocycles. The molecular formula is C19H19ClN2O5S. The number of nitrogens with one attached hydrogen (secondary N) is 2. The van der Waals surface area contributed by atoms with Crippen molar-refractivity contribution in [3.05, 3.63) is 71.8 Å². The fourth-order valence-corrected chi connectivity index (χ4v) is 3.30. The molecule has 9 heteroatoms. The summed E-state index contributed by atoms with van der Waals surface area (Å²) in [6.45, 7) is 4.95. The first-order valence-corrected chi connectivity index (χ1v) is 10.1. The van der Waals surface area contributed by atoms with Crippen LogP contribution >= 0.6 is 11.6 Å². The molecule has 28 heavy (non-hydrogen) atoms. The van der Waals surface area contributed by atoms with Gasteiger partial charge in [0.05, 0.1) is 10.5 Å². The molecule has 1 unspecified atom stereocenters. The van der Waals surface area contributed by atoms with Gasteiger partial charge in [0.15, 0.2) is 6.10 Å². The maximum Gasteiger partial charge on any atom is 0.338 e. The minimum Gasteiger partial charge on any atom is -0.449 e. The van der Waals surface area contributed by atoms with E-state index >= 15 is 0 Å². The summed E-state index contributed by atoms with van der Waals surface area (Å²) in [6, 6.07) is 11.7. The monoisotopic (exact) mass is 422 g/mol. The lowest BCUT2D eigenvalue weighted by Crippen LogP contribution is -2.30. The van der Waals surface area contributed by atoms with Crippen LogP contribution in [-0.4, -0.2) is 32.9 Å². The van der Waals surface area contributed by atoms with Crippen LogP contribution < -0.4 is 10.0 Å². The Morgan fingerprint density at radius 1 is 1.21 bits per heavy atom. The molecule has 2 aromatic carbocycles. The molecule has 0 fully saturated rings. The second-order valence-electron chi connectivity index (χ2n) is 5.71. The fraction of sp³-hybridized carbons (Fsp3) is 0.158. The number of anilines is 1. The summed E-state index contributed by atoms with van der Waals surface area (Å²) in [5.41, 5.74) is 0.590. The third-order valence-electron chi connectivity index (χ3n) is 3.56. The van der Waals surface area contributed by atoms with Gasteiger partial charge in [0.25, 0.3) is 5.91 Å². The molecule has 0 aliphatic rings. The first-order valence-electron chi connectivity index (χ1n) is 8.21. The minimum atomic E-state index is -3.69. The van der Waals surface area contributed by atoms with E-state index in [1.807, 2.05) is 0 Å². The Hall–Kier alpha value is -2.68. The zero-order chi connectivity index (χ0) is 20.7. The van der Waals surface area contributed by atoms with Crippen LogP contribution in [0.5, 0.6) is 0 Å². The highest BCUT2D eigenvalue weighted by atomic mass is 35.5. The van der Waals surface area contributed by atoms with Crippen molar-refractivity contribution in [3.8, 4) is 0 Å². The van der Waals surface area contributed by atoms with Crippen LogP contribution in [0.3, 0.4) is 0 Å². The van der Waals surface area contributed by atoms with E-state index in [1.165, 1.54) is 37.3 Å². The maximum atomic E-state index is 12.2. The number of amides is 1. The van der Waals surface area contributed by atoms with Crippen molar-refractivity contribution in [2.24, 2.45) is 0 Å². The molecule has 0 aliphatic carbocycles. The maximum absolute atomic E-state index is 12.2. The van der Waals surface area contributed by atoms with Crippen LogP contribution in [0.1, 0.15) is 17.3 Å². The first-order chi connectivity index (χ1) is 13.2. The molecule has 0 heterocycles. The quantitative estimate of drug-likeness (QED) is 0.503. The smallest absolute Gasteiger partial charge is 0.338 e. The molecule has 148 valence electrons. The van der Waals surface area contributed by atoms with Gasteiger partial charge < -0.3 is 10.1 Å². The van der Waals surface area contributed by atoms with E-state index in [2.05, 4.69) is 16.6 Å². The number of benzene rings is 2. The molecular weight excluding hydrogens is 404 g/mol. The average molecular weight is 423 g/mol. The summed E-state index contributed by atoms with van der Waals surface area (Å²) in [5.74, 6) is -1.28. The van der Waals surface area contributed by atoms with E-state index in [0.29, 0.717) is 10.7 Å². The van der Waals surface area contributed by atoms with E-state index < -0.39 is 28.0 Å². The summed E-state index contributed by atoms with van der Waals surface area (Å²) in [7, 11) is -3.69. The number of ether oxygens (including phenoxy) is 1. The highest BCUT2D eigenvalue weighted by Crippen LogP contribution is 2.16. The molecule has 0 radical (unpaired) electrons. The van der Waals surface area contributed by atoms with Gasteiger partial charge in [-0.3, -0.25) is 4.79 Å². The highest BCUT2D eigenvalue weighted by molar-refractivity contribution is 7.89. The van der Waals surface area contributed by atoms with Crippen LogP contribution in [0, 0.1) is 0 Å². The number of sulfonamides is 1. The Bertz CT molecular complexity index is 974. The summed E-state index contributed by atoms with van der Waals surface area (Å²) < 4.78 is 31.5. The average Bonchev–Trinajstić information content (AvgIpc) is 2.66. The predicted octanol–water partition coefficient (Wildman–Crippen LogP) is 2.99. The van der Waals surface area contributed by atoms with Gasteiger partial charge in [0.1, 0.15) is 0 Å². The minimum absolute atomic E-state index is 0.00218. The number of halogens is 1. The van der Waals surface area contributed by atoms with Crippen molar-refractivity contribution in [1.29, 1.82) is 0 Å². The lowest BCUT2D eigenvalue weighted by Gasteiger charge is -2.14. The van der Waals surface area contributed by atoms with E-state index in [9.17, 15) is 18.0 Å². The second-order valence-corrected chi connectivity index (χ2v) is 7.92. The Kier molecular flexibility index (Phi) is 7.33. The standard InChI is InChI=1S/C19H19ClN2O5S/c1-3-11-21-28(25,26)17-9-7-14(8-10-17)19(24)27-13(2)18(23)22-16-6-4-5-15(20)12-16/h3-10,12-13,21H,1,11H2,2H3,(H,22,23). The van der Waals surface area contributed by atoms with Crippen molar-refractivity contribution >= 4 is 39.2 Å². The van der Waals surface area contributed by atoms with E-state index in [1.54, 1.807) is 24.3 Å². The van der Waals surface area contributed by atoms with Gasteiger partial charge in [-0.1, -0.05) is 23.7 Å². The second kappa shape index (κ2) is 9.50. The molecule has 1 amide bonds. The predicted molar refractivity (Wildman–Crippen MR) is 107 cm³/mol. The van der Waals surface area contributed by atoms with Crippen molar-refractivity contribution in [3.63, 3.8) is 0 Å². The van der Waals surface area contributed by atoms with Gasteiger partial charge in [-0.25, -0.2) is 17.9 Å². The first kappa shape index (κ1) is 21.6. The summed E-state index contributed by atoms with van der Waals surface area (Å²) in [6.07, 6.45) is 0.350. The van der Waals surface area contributed by atoms with E-state index in [-0.39, 0.29) is 17.0 Å². The molecule has 2 aromatic rings. The van der Waals surface area contributed by atoms with Crippen LogP contribution in [0.25, 0.3) is 0 Å². The van der Waals surface area contributed by atoms with Crippen molar-refractivity contribution in [1.82, 2.24) is 4.72 Å². The van der Waals surface area contributed by atoms with Crippen LogP contribution in [-0.2, 0) is 19.6 Å². The largest absolute Gasteiger partial charge is 0.449 e. The van der Waals surface area contributed by atoms with Gasteiger partial charge in [-0.15, -0.1) is 6.58 Å². The van der Waals surface area contributed by atoms with E-state index in [4.69, 9.17) is 16.3 Å². The number of esters is 1. The summed E-state index contributed by atoms with van der Waals surface area (Å²) >= 11 is 5.86. The zero-order valence-corrected chi connectivity index (χ0v) is 16.6. The molecule has 1 atom stereocenters. The van der Waals surface area contributed by atoms with Gasteiger partial charge in [-0.05, 0) is 49.4 Å². The lowest BCUT2D eigenvalue weighted by molar-refractivity contribution is -0.123. The zero-order valence-electron chi connectivity index (χ0n) is 15.0. The number of hydrogen-bond acceptors (Lipinski definition) is 5. The fourth-order valence-electron chi connectivity index (χ4n) is 2.11. The number of hydrogen-bond donors (Lipinski definition) is 2. The van der Waals surface area contributed by atoms with Crippen molar-refractivity contribution < 1.29 is 22.7 Å². The number of carbonyl (C=O) groups is 2. The molecule has 0 saturated heterocycles. The van der Waals surface area contributed by atoms with Gasteiger partial charge >= 0.3 is 5.97 Å². The number of carbonyl (C=O) groups excluding carboxylic acids is 2. The molecule has 7 nitrogen and oxygen atoms in total. The Labute approximate surface area is 168 Å². The molecule has 0 aliphatic heterocycles. The highest BCUT2D eigenvalue weighted by Gasteiger charge is 2.20. The normalized spacial score (nSPS) is 12.1. The topological polar surface area (TPSA) is 102 Å². The molecule has 0 spiro atoms. The van der Waals surface area contributed by atoms with Gasteiger partial charge in [0, 0.05) is 17.3 Å².